The summed E-state index contributed by atoms with van der Waals surface area (Å²) in [5.74, 6) is -6.16. The molecule has 0 aliphatic rings. The highest BCUT2D eigenvalue weighted by Crippen LogP contribution is 2.04. The van der Waals surface area contributed by atoms with Crippen molar-refractivity contribution in [3.8, 4) is 0 Å². The molecule has 0 rings (SSSR count). The maximum absolute atomic E-state index is 12.6. The van der Waals surface area contributed by atoms with Crippen molar-refractivity contribution in [3.05, 3.63) is 0 Å². The van der Waals surface area contributed by atoms with Crippen LogP contribution in [-0.2, 0) is 28.8 Å². The third-order valence-corrected chi connectivity index (χ3v) is 4.97. The third-order valence-electron chi connectivity index (χ3n) is 4.33. The molecule has 3 amide bonds. The molecule has 9 N–H and O–H groups in total. The standard InChI is InChI=1S/C18H30N4O10S/c1-33-7-6-10(20-15(28)9(19)2-4-13(24)25)16(29)22-12(8-23)17(30)21-11(18(31)32)3-5-14(26)27/h9-12,23H,2-8,19H2,1H3,(H,20,28)(H,21,30)(H,22,29)(H,24,25)(H,26,27)(H,31,32). The Balaban J connectivity index is 5.18. The number of nitrogens with two attached hydrogens (primary N) is 1. The van der Waals surface area contributed by atoms with Crippen molar-refractivity contribution < 1.29 is 49.2 Å². The lowest BCUT2D eigenvalue weighted by Crippen LogP contribution is -2.58. The molecule has 0 saturated heterocycles. The van der Waals surface area contributed by atoms with Crippen molar-refractivity contribution in [2.75, 3.05) is 18.6 Å². The normalized spacial score (nSPS) is 14.3. The van der Waals surface area contributed by atoms with E-state index in [2.05, 4.69) is 16.0 Å². The van der Waals surface area contributed by atoms with Crippen LogP contribution in [0.4, 0.5) is 0 Å². The quantitative estimate of drug-likeness (QED) is 0.103. The number of carbonyl (C=O) groups excluding carboxylic acids is 3. The topological polar surface area (TPSA) is 245 Å². The summed E-state index contributed by atoms with van der Waals surface area (Å²) in [4.78, 5) is 69.7. The minimum absolute atomic E-state index is 0.126. The zero-order valence-corrected chi connectivity index (χ0v) is 18.8. The average molecular weight is 495 g/mol. The number of nitrogens with one attached hydrogen (secondary N) is 3. The first-order chi connectivity index (χ1) is 15.4. The number of hydrogen-bond donors (Lipinski definition) is 8. The summed E-state index contributed by atoms with van der Waals surface area (Å²) in [5, 5.41) is 42.6. The maximum Gasteiger partial charge on any atom is 0.326 e. The minimum atomic E-state index is -1.57. The number of thioether (sulfide) groups is 1. The fourth-order valence-electron chi connectivity index (χ4n) is 2.46. The third kappa shape index (κ3) is 12.6. The molecule has 0 aromatic heterocycles. The van der Waals surface area contributed by atoms with Gasteiger partial charge >= 0.3 is 17.9 Å². The van der Waals surface area contributed by atoms with Gasteiger partial charge in [-0.3, -0.25) is 24.0 Å². The number of aliphatic hydroxyl groups is 1. The Kier molecular flexibility index (Phi) is 14.4. The van der Waals surface area contributed by atoms with Gasteiger partial charge in [-0.25, -0.2) is 4.79 Å². The number of carboxylic acid groups (broad SMARTS) is 3. The van der Waals surface area contributed by atoms with Gasteiger partial charge in [-0.05, 0) is 31.3 Å². The molecule has 0 bridgehead atoms. The molecule has 0 radical (unpaired) electrons. The second-order valence-electron chi connectivity index (χ2n) is 6.96. The van der Waals surface area contributed by atoms with E-state index in [1.54, 1.807) is 6.26 Å². The van der Waals surface area contributed by atoms with E-state index < -0.39 is 79.2 Å². The Morgan fingerprint density at radius 2 is 1.24 bits per heavy atom. The van der Waals surface area contributed by atoms with Gasteiger partial charge in [0, 0.05) is 12.8 Å². The number of carbonyl (C=O) groups is 6. The van der Waals surface area contributed by atoms with E-state index in [0.29, 0.717) is 5.75 Å². The molecule has 0 heterocycles. The predicted molar refractivity (Wildman–Crippen MR) is 115 cm³/mol. The first-order valence-corrected chi connectivity index (χ1v) is 11.2. The van der Waals surface area contributed by atoms with Crippen molar-refractivity contribution in [3.63, 3.8) is 0 Å². The van der Waals surface area contributed by atoms with E-state index in [-0.39, 0.29) is 19.3 Å². The van der Waals surface area contributed by atoms with Crippen molar-refractivity contribution in [2.24, 2.45) is 5.73 Å². The van der Waals surface area contributed by atoms with Gasteiger partial charge in [0.25, 0.3) is 0 Å². The first-order valence-electron chi connectivity index (χ1n) is 9.85. The molecule has 14 nitrogen and oxygen atoms in total. The molecular weight excluding hydrogens is 464 g/mol. The fraction of sp³-hybridized carbons (Fsp3) is 0.667. The number of rotatable bonds is 17. The van der Waals surface area contributed by atoms with Crippen molar-refractivity contribution in [1.29, 1.82) is 0 Å². The van der Waals surface area contributed by atoms with E-state index in [4.69, 9.17) is 21.1 Å². The van der Waals surface area contributed by atoms with Gasteiger partial charge < -0.3 is 42.1 Å². The summed E-state index contributed by atoms with van der Waals surface area (Å²) < 4.78 is 0. The van der Waals surface area contributed by atoms with Crippen LogP contribution in [0.5, 0.6) is 0 Å². The Labute approximate surface area is 193 Å². The summed E-state index contributed by atoms with van der Waals surface area (Å²) in [7, 11) is 0. The molecule has 33 heavy (non-hydrogen) atoms. The smallest absolute Gasteiger partial charge is 0.326 e. The second-order valence-corrected chi connectivity index (χ2v) is 7.94. The molecule has 0 aliphatic heterocycles. The van der Waals surface area contributed by atoms with Gasteiger partial charge in [0.2, 0.25) is 17.7 Å². The van der Waals surface area contributed by atoms with Crippen molar-refractivity contribution in [1.82, 2.24) is 16.0 Å². The highest BCUT2D eigenvalue weighted by Gasteiger charge is 2.30. The van der Waals surface area contributed by atoms with Crippen LogP contribution >= 0.6 is 11.8 Å². The van der Waals surface area contributed by atoms with E-state index in [1.165, 1.54) is 11.8 Å². The Bertz CT molecular complexity index is 720. The van der Waals surface area contributed by atoms with Gasteiger partial charge in [-0.1, -0.05) is 0 Å². The number of carboxylic acids is 3. The fourth-order valence-corrected chi connectivity index (χ4v) is 2.93. The Morgan fingerprint density at radius 1 is 0.758 bits per heavy atom. The number of hydrogen-bond acceptors (Lipinski definition) is 9. The first kappa shape index (κ1) is 30.1. The Morgan fingerprint density at radius 3 is 1.73 bits per heavy atom. The molecule has 0 aliphatic carbocycles. The zero-order chi connectivity index (χ0) is 25.6. The molecule has 15 heteroatoms. The van der Waals surface area contributed by atoms with Crippen LogP contribution in [0.25, 0.3) is 0 Å². The molecule has 0 aromatic rings. The van der Waals surface area contributed by atoms with Gasteiger partial charge in [0.15, 0.2) is 0 Å². The lowest BCUT2D eigenvalue weighted by atomic mass is 10.1. The summed E-state index contributed by atoms with van der Waals surface area (Å²) in [6.45, 7) is -0.899. The van der Waals surface area contributed by atoms with Gasteiger partial charge in [-0.15, -0.1) is 0 Å². The van der Waals surface area contributed by atoms with E-state index in [0.717, 1.165) is 0 Å². The van der Waals surface area contributed by atoms with Crippen LogP contribution in [0, 0.1) is 0 Å². The predicted octanol–water partition coefficient (Wildman–Crippen LogP) is -2.67. The SMILES string of the molecule is CSCCC(NC(=O)C(N)CCC(=O)O)C(=O)NC(CO)C(=O)NC(CCC(=O)O)C(=O)O. The van der Waals surface area contributed by atoms with Crippen LogP contribution in [0.3, 0.4) is 0 Å². The molecular formula is C18H30N4O10S. The summed E-state index contributed by atoms with van der Waals surface area (Å²) in [5.41, 5.74) is 5.64. The molecule has 188 valence electrons. The van der Waals surface area contributed by atoms with Crippen LogP contribution in [-0.4, -0.2) is 98.8 Å². The van der Waals surface area contributed by atoms with Crippen LogP contribution in [0.1, 0.15) is 32.1 Å². The van der Waals surface area contributed by atoms with Crippen LogP contribution in [0.2, 0.25) is 0 Å². The lowest BCUT2D eigenvalue weighted by molar-refractivity contribution is -0.144. The minimum Gasteiger partial charge on any atom is -0.481 e. The van der Waals surface area contributed by atoms with Gasteiger partial charge in [0.1, 0.15) is 18.1 Å². The number of aliphatic hydroxyl groups excluding tert-OH is 1. The van der Waals surface area contributed by atoms with Crippen LogP contribution < -0.4 is 21.7 Å². The second kappa shape index (κ2) is 15.8. The number of aliphatic carboxylic acids is 3. The zero-order valence-electron chi connectivity index (χ0n) is 18.0. The van der Waals surface area contributed by atoms with Gasteiger partial charge in [0.05, 0.1) is 12.6 Å². The van der Waals surface area contributed by atoms with Crippen molar-refractivity contribution >= 4 is 47.4 Å². The largest absolute Gasteiger partial charge is 0.481 e. The molecule has 4 atom stereocenters. The number of amides is 3. The Hall–Kier alpha value is -2.91. The lowest BCUT2D eigenvalue weighted by Gasteiger charge is -2.24. The molecule has 0 fully saturated rings. The van der Waals surface area contributed by atoms with E-state index in [1.807, 2.05) is 0 Å². The average Bonchev–Trinajstić information content (AvgIpc) is 2.74. The molecule has 0 saturated carbocycles. The van der Waals surface area contributed by atoms with Crippen LogP contribution in [0.15, 0.2) is 0 Å². The maximum atomic E-state index is 12.6. The highest BCUT2D eigenvalue weighted by atomic mass is 32.2. The summed E-state index contributed by atoms with van der Waals surface area (Å²) >= 11 is 1.37. The highest BCUT2D eigenvalue weighted by molar-refractivity contribution is 7.98. The summed E-state index contributed by atoms with van der Waals surface area (Å²) in [6, 6.07) is -5.48. The monoisotopic (exact) mass is 494 g/mol. The van der Waals surface area contributed by atoms with Gasteiger partial charge in [-0.2, -0.15) is 11.8 Å². The van der Waals surface area contributed by atoms with E-state index >= 15 is 0 Å². The molecule has 0 aromatic carbocycles. The molecule has 0 spiro atoms. The van der Waals surface area contributed by atoms with E-state index in [9.17, 15) is 33.9 Å². The molecule has 4 unspecified atom stereocenters. The summed E-state index contributed by atoms with van der Waals surface area (Å²) in [6.07, 6.45) is 0.423. The van der Waals surface area contributed by atoms with Crippen molar-refractivity contribution in [2.45, 2.75) is 56.3 Å².